The van der Waals surface area contributed by atoms with Gasteiger partial charge in [0.05, 0.1) is 26.3 Å². The fraction of sp³-hybridized carbons (Fsp3) is 0.222. The molecule has 0 saturated heterocycles. The average molecular weight is 517 g/mol. The van der Waals surface area contributed by atoms with Gasteiger partial charge >= 0.3 is 11.9 Å². The minimum Gasteiger partial charge on any atom is -0.468 e. The SMILES string of the molecule is COC(=O)CN1C(=O)C2(C(C(=O)OC)=C(N)Oc3cc(C)n(Cc4ccncc4)c(=O)c32)c2ccccc21. The van der Waals surface area contributed by atoms with Crippen LogP contribution >= 0.6 is 0 Å². The molecule has 1 unspecified atom stereocenters. The molecule has 0 radical (unpaired) electrons. The highest BCUT2D eigenvalue weighted by Crippen LogP contribution is 2.54. The number of rotatable bonds is 5. The third kappa shape index (κ3) is 3.46. The standard InChI is InChI=1S/C27H24N4O7/c1-15-12-19-21(24(33)30(15)13-16-8-10-29-11-9-16)27(22(23(28)38-19)25(34)37-3)17-6-4-5-7-18(17)31(26(27)35)14-20(32)36-2/h4-12H,13-14,28H2,1-3H3. The number of carbonyl (C=O) groups is 3. The highest BCUT2D eigenvalue weighted by molar-refractivity contribution is 6.19. The van der Waals surface area contributed by atoms with Crippen molar-refractivity contribution < 1.29 is 28.6 Å². The van der Waals surface area contributed by atoms with Crippen molar-refractivity contribution in [2.24, 2.45) is 5.73 Å². The summed E-state index contributed by atoms with van der Waals surface area (Å²) < 4.78 is 17.1. The number of carbonyl (C=O) groups excluding carboxylic acids is 3. The molecule has 1 aromatic carbocycles. The largest absolute Gasteiger partial charge is 0.468 e. The molecule has 11 nitrogen and oxygen atoms in total. The maximum Gasteiger partial charge on any atom is 0.340 e. The molecule has 0 bridgehead atoms. The Morgan fingerprint density at radius 3 is 2.47 bits per heavy atom. The molecule has 38 heavy (non-hydrogen) atoms. The summed E-state index contributed by atoms with van der Waals surface area (Å²) in [5.41, 5.74) is 5.18. The van der Waals surface area contributed by atoms with E-state index in [0.717, 1.165) is 12.7 Å². The van der Waals surface area contributed by atoms with Crippen LogP contribution in [0.4, 0.5) is 5.69 Å². The molecule has 2 N–H and O–H groups in total. The molecule has 3 aromatic rings. The molecule has 1 atom stereocenters. The van der Waals surface area contributed by atoms with Gasteiger partial charge in [-0.1, -0.05) is 18.2 Å². The van der Waals surface area contributed by atoms with Gasteiger partial charge in [0.25, 0.3) is 5.56 Å². The summed E-state index contributed by atoms with van der Waals surface area (Å²) in [4.78, 5) is 59.5. The summed E-state index contributed by atoms with van der Waals surface area (Å²) in [5.74, 6) is -2.71. The zero-order chi connectivity index (χ0) is 27.2. The van der Waals surface area contributed by atoms with Crippen molar-refractivity contribution in [2.45, 2.75) is 18.9 Å². The third-order valence-corrected chi connectivity index (χ3v) is 6.85. The number of aromatic nitrogens is 2. The molecule has 2 aliphatic rings. The van der Waals surface area contributed by atoms with Crippen LogP contribution < -0.4 is 20.9 Å². The van der Waals surface area contributed by atoms with Gasteiger partial charge in [-0.15, -0.1) is 0 Å². The van der Waals surface area contributed by atoms with E-state index in [1.54, 1.807) is 61.8 Å². The molecule has 1 amide bonds. The molecule has 194 valence electrons. The predicted molar refractivity (Wildman–Crippen MR) is 134 cm³/mol. The molecule has 1 spiro atoms. The zero-order valence-electron chi connectivity index (χ0n) is 20.9. The first kappa shape index (κ1) is 24.8. The lowest BCUT2D eigenvalue weighted by Crippen LogP contribution is -2.52. The second kappa shape index (κ2) is 9.18. The highest BCUT2D eigenvalue weighted by atomic mass is 16.5. The molecule has 2 aromatic heterocycles. The molecular formula is C27H24N4O7. The lowest BCUT2D eigenvalue weighted by Gasteiger charge is -2.35. The topological polar surface area (TPSA) is 143 Å². The van der Waals surface area contributed by atoms with E-state index in [1.807, 2.05) is 0 Å². The number of nitrogens with zero attached hydrogens (tertiary/aromatic N) is 3. The zero-order valence-corrected chi connectivity index (χ0v) is 20.9. The summed E-state index contributed by atoms with van der Waals surface area (Å²) >= 11 is 0. The van der Waals surface area contributed by atoms with Crippen LogP contribution in [0, 0.1) is 6.92 Å². The fourth-order valence-corrected chi connectivity index (χ4v) is 5.16. The van der Waals surface area contributed by atoms with Crippen molar-refractivity contribution >= 4 is 23.5 Å². The van der Waals surface area contributed by atoms with Gasteiger partial charge in [-0.2, -0.15) is 0 Å². The van der Waals surface area contributed by atoms with E-state index in [1.165, 1.54) is 16.6 Å². The molecule has 0 aliphatic carbocycles. The van der Waals surface area contributed by atoms with E-state index in [-0.39, 0.29) is 29.3 Å². The van der Waals surface area contributed by atoms with E-state index in [2.05, 4.69) is 4.98 Å². The van der Waals surface area contributed by atoms with Gasteiger partial charge in [0.1, 0.15) is 23.3 Å². The van der Waals surface area contributed by atoms with Crippen molar-refractivity contribution in [3.8, 4) is 5.75 Å². The van der Waals surface area contributed by atoms with Crippen molar-refractivity contribution in [2.75, 3.05) is 25.7 Å². The first-order chi connectivity index (χ1) is 18.2. The summed E-state index contributed by atoms with van der Waals surface area (Å²) in [6.07, 6.45) is 3.22. The second-order valence-corrected chi connectivity index (χ2v) is 8.84. The number of ether oxygens (including phenoxy) is 3. The van der Waals surface area contributed by atoms with Gasteiger partial charge in [0.15, 0.2) is 0 Å². The van der Waals surface area contributed by atoms with Crippen molar-refractivity contribution in [1.29, 1.82) is 0 Å². The monoisotopic (exact) mass is 516 g/mol. The Labute approximate surface area is 217 Å². The van der Waals surface area contributed by atoms with E-state index < -0.39 is 35.4 Å². The fourth-order valence-electron chi connectivity index (χ4n) is 5.16. The van der Waals surface area contributed by atoms with Crippen molar-refractivity contribution in [1.82, 2.24) is 9.55 Å². The number of methoxy groups -OCH3 is 2. The first-order valence-electron chi connectivity index (χ1n) is 11.6. The number of para-hydroxylation sites is 1. The molecule has 5 rings (SSSR count). The molecule has 0 saturated carbocycles. The van der Waals surface area contributed by atoms with Gasteiger partial charge < -0.3 is 24.5 Å². The van der Waals surface area contributed by atoms with Gasteiger partial charge in [0, 0.05) is 35.4 Å². The Balaban J connectivity index is 1.86. The predicted octanol–water partition coefficient (Wildman–Crippen LogP) is 1.14. The molecule has 0 fully saturated rings. The molecule has 2 aliphatic heterocycles. The Hall–Kier alpha value is -4.93. The molecule has 4 heterocycles. The van der Waals surface area contributed by atoms with Crippen LogP contribution in [0.25, 0.3) is 0 Å². The summed E-state index contributed by atoms with van der Waals surface area (Å²) in [5, 5.41) is 0. The van der Waals surface area contributed by atoms with E-state index >= 15 is 0 Å². The Kier molecular flexibility index (Phi) is 5.98. The smallest absolute Gasteiger partial charge is 0.340 e. The third-order valence-electron chi connectivity index (χ3n) is 6.85. The maximum atomic E-state index is 14.4. The van der Waals surface area contributed by atoms with Crippen LogP contribution in [0.5, 0.6) is 5.75 Å². The highest BCUT2D eigenvalue weighted by Gasteiger charge is 2.62. The molecular weight excluding hydrogens is 492 g/mol. The van der Waals surface area contributed by atoms with Crippen molar-refractivity contribution in [3.63, 3.8) is 0 Å². The Morgan fingerprint density at radius 2 is 1.79 bits per heavy atom. The van der Waals surface area contributed by atoms with Crippen LogP contribution in [-0.4, -0.2) is 48.2 Å². The minimum absolute atomic E-state index is 0.0340. The van der Waals surface area contributed by atoms with Crippen LogP contribution in [0.15, 0.2) is 71.1 Å². The number of aryl methyl sites for hydroxylation is 1. The first-order valence-corrected chi connectivity index (χ1v) is 11.6. The minimum atomic E-state index is -2.03. The average Bonchev–Trinajstić information content (AvgIpc) is 3.14. The Bertz CT molecular complexity index is 1580. The quantitative estimate of drug-likeness (QED) is 0.494. The Morgan fingerprint density at radius 1 is 1.08 bits per heavy atom. The summed E-state index contributed by atoms with van der Waals surface area (Å²) in [6.45, 7) is 1.45. The maximum absolute atomic E-state index is 14.4. The van der Waals surface area contributed by atoms with Crippen LogP contribution in [0.2, 0.25) is 0 Å². The van der Waals surface area contributed by atoms with Crippen LogP contribution in [-0.2, 0) is 35.8 Å². The van der Waals surface area contributed by atoms with E-state index in [9.17, 15) is 19.2 Å². The lowest BCUT2D eigenvalue weighted by atomic mass is 9.68. The number of esters is 2. The number of amides is 1. The number of benzene rings is 1. The summed E-state index contributed by atoms with van der Waals surface area (Å²) in [6, 6.07) is 11.7. The van der Waals surface area contributed by atoms with Gasteiger partial charge in [0.2, 0.25) is 11.8 Å². The van der Waals surface area contributed by atoms with Gasteiger partial charge in [-0.05, 0) is 30.7 Å². The van der Waals surface area contributed by atoms with Crippen LogP contribution in [0.3, 0.4) is 0 Å². The van der Waals surface area contributed by atoms with Crippen LogP contribution in [0.1, 0.15) is 22.4 Å². The second-order valence-electron chi connectivity index (χ2n) is 8.84. The van der Waals surface area contributed by atoms with Crippen molar-refractivity contribution in [3.05, 3.63) is 99.1 Å². The lowest BCUT2D eigenvalue weighted by molar-refractivity contribution is -0.140. The number of fused-ring (bicyclic) bond motifs is 4. The summed E-state index contributed by atoms with van der Waals surface area (Å²) in [7, 11) is 2.34. The number of anilines is 1. The number of hydrogen-bond acceptors (Lipinski definition) is 9. The van der Waals surface area contributed by atoms with Gasteiger partial charge in [-0.3, -0.25) is 24.3 Å². The number of hydrogen-bond donors (Lipinski definition) is 1. The number of nitrogens with two attached hydrogens (primary N) is 1. The van der Waals surface area contributed by atoms with E-state index in [4.69, 9.17) is 19.9 Å². The molecule has 11 heteroatoms. The normalized spacial score (nSPS) is 17.7. The van der Waals surface area contributed by atoms with E-state index in [0.29, 0.717) is 16.9 Å². The number of pyridine rings is 2. The van der Waals surface area contributed by atoms with Gasteiger partial charge in [-0.25, -0.2) is 4.79 Å².